The minimum Gasteiger partial charge on any atom is -0.497 e. The number of ether oxygens (including phenoxy) is 2. The zero-order valence-electron chi connectivity index (χ0n) is 13.9. The number of hydrogen-bond acceptors (Lipinski definition) is 3. The van der Waals surface area contributed by atoms with Crippen LogP contribution in [0.25, 0.3) is 0 Å². The number of allylic oxidation sites excluding steroid dienone is 5. The fourth-order valence-electron chi connectivity index (χ4n) is 2.37. The van der Waals surface area contributed by atoms with E-state index < -0.39 is 0 Å². The predicted octanol–water partition coefficient (Wildman–Crippen LogP) is 4.34. The van der Waals surface area contributed by atoms with E-state index in [0.717, 1.165) is 5.75 Å². The Morgan fingerprint density at radius 2 is 1.64 bits per heavy atom. The van der Waals surface area contributed by atoms with Gasteiger partial charge in [0.1, 0.15) is 11.5 Å². The van der Waals surface area contributed by atoms with Crippen molar-refractivity contribution < 1.29 is 14.3 Å². The van der Waals surface area contributed by atoms with E-state index in [9.17, 15) is 4.79 Å². The zero-order chi connectivity index (χ0) is 17.5. The van der Waals surface area contributed by atoms with Crippen LogP contribution in [0, 0.1) is 5.92 Å². The van der Waals surface area contributed by atoms with Gasteiger partial charge in [-0.05, 0) is 42.5 Å². The Hall–Kier alpha value is -3.27. The van der Waals surface area contributed by atoms with Crippen LogP contribution in [0.5, 0.6) is 11.5 Å². The second-order valence-electron chi connectivity index (χ2n) is 5.48. The van der Waals surface area contributed by atoms with Gasteiger partial charge in [-0.3, -0.25) is 4.79 Å². The molecule has 0 aliphatic heterocycles. The SMILES string of the molecule is COc1ccc(NC(=O)/C(=C/C2C=CC=C2)Oc2ccccc2)cc1. The Balaban J connectivity index is 1.78. The molecule has 0 saturated carbocycles. The van der Waals surface area contributed by atoms with Gasteiger partial charge >= 0.3 is 0 Å². The molecule has 2 aromatic carbocycles. The number of carbonyl (C=O) groups is 1. The van der Waals surface area contributed by atoms with Gasteiger partial charge in [0.15, 0.2) is 5.76 Å². The summed E-state index contributed by atoms with van der Waals surface area (Å²) in [6.45, 7) is 0. The Labute approximate surface area is 147 Å². The highest BCUT2D eigenvalue weighted by Gasteiger charge is 2.15. The zero-order valence-corrected chi connectivity index (χ0v) is 13.9. The highest BCUT2D eigenvalue weighted by Crippen LogP contribution is 2.20. The standard InChI is InChI=1S/C21H19NO3/c1-24-18-13-11-17(12-14-18)22-21(23)20(15-16-7-5-6-8-16)25-19-9-3-2-4-10-19/h2-16H,1H3,(H,22,23)/b20-15-. The molecule has 0 spiro atoms. The Bertz CT molecular complexity index is 793. The fourth-order valence-corrected chi connectivity index (χ4v) is 2.37. The van der Waals surface area contributed by atoms with E-state index in [-0.39, 0.29) is 17.6 Å². The molecule has 0 atom stereocenters. The molecular formula is C21H19NO3. The van der Waals surface area contributed by atoms with Crippen LogP contribution < -0.4 is 14.8 Å². The van der Waals surface area contributed by atoms with Gasteiger partial charge in [-0.2, -0.15) is 0 Å². The average Bonchev–Trinajstić information content (AvgIpc) is 3.16. The summed E-state index contributed by atoms with van der Waals surface area (Å²) in [7, 11) is 1.60. The molecule has 126 valence electrons. The van der Waals surface area contributed by atoms with Crippen molar-refractivity contribution in [1.29, 1.82) is 0 Å². The maximum absolute atomic E-state index is 12.7. The molecular weight excluding hydrogens is 314 g/mol. The summed E-state index contributed by atoms with van der Waals surface area (Å²) in [4.78, 5) is 12.7. The predicted molar refractivity (Wildman–Crippen MR) is 98.5 cm³/mol. The van der Waals surface area contributed by atoms with E-state index in [2.05, 4.69) is 5.32 Å². The number of para-hydroxylation sites is 1. The normalized spacial score (nSPS) is 13.7. The van der Waals surface area contributed by atoms with Crippen molar-refractivity contribution in [2.24, 2.45) is 5.92 Å². The summed E-state index contributed by atoms with van der Waals surface area (Å²) < 4.78 is 10.9. The number of amides is 1. The van der Waals surface area contributed by atoms with Crippen molar-refractivity contribution in [2.75, 3.05) is 12.4 Å². The molecule has 1 N–H and O–H groups in total. The van der Waals surface area contributed by atoms with Crippen molar-refractivity contribution in [1.82, 2.24) is 0 Å². The Morgan fingerprint density at radius 1 is 0.960 bits per heavy atom. The molecule has 0 radical (unpaired) electrons. The molecule has 0 aromatic heterocycles. The minimum atomic E-state index is -0.303. The van der Waals surface area contributed by atoms with Crippen LogP contribution in [0.4, 0.5) is 5.69 Å². The second-order valence-corrected chi connectivity index (χ2v) is 5.48. The number of rotatable bonds is 6. The summed E-state index contributed by atoms with van der Waals surface area (Å²) in [6, 6.07) is 16.4. The molecule has 0 fully saturated rings. The lowest BCUT2D eigenvalue weighted by atomic mass is 10.1. The topological polar surface area (TPSA) is 47.6 Å². The van der Waals surface area contributed by atoms with E-state index in [4.69, 9.17) is 9.47 Å². The molecule has 3 rings (SSSR count). The molecule has 1 amide bonds. The molecule has 1 aliphatic carbocycles. The third kappa shape index (κ3) is 4.61. The number of carbonyl (C=O) groups excluding carboxylic acids is 1. The van der Waals surface area contributed by atoms with Crippen LogP contribution in [-0.4, -0.2) is 13.0 Å². The number of benzene rings is 2. The third-order valence-corrected chi connectivity index (χ3v) is 3.66. The highest BCUT2D eigenvalue weighted by molar-refractivity contribution is 6.02. The van der Waals surface area contributed by atoms with Crippen LogP contribution in [0.1, 0.15) is 0 Å². The van der Waals surface area contributed by atoms with Crippen molar-refractivity contribution in [3.8, 4) is 11.5 Å². The molecule has 0 heterocycles. The summed E-state index contributed by atoms with van der Waals surface area (Å²) in [5, 5.41) is 2.85. The van der Waals surface area contributed by atoms with Gasteiger partial charge in [0, 0.05) is 11.6 Å². The third-order valence-electron chi connectivity index (χ3n) is 3.66. The van der Waals surface area contributed by atoms with E-state index in [1.165, 1.54) is 0 Å². The first-order chi connectivity index (χ1) is 12.2. The summed E-state index contributed by atoms with van der Waals surface area (Å²) >= 11 is 0. The minimum absolute atomic E-state index is 0.0420. The van der Waals surface area contributed by atoms with Crippen LogP contribution in [0.15, 0.2) is 90.7 Å². The molecule has 25 heavy (non-hydrogen) atoms. The van der Waals surface area contributed by atoms with Crippen LogP contribution in [0.3, 0.4) is 0 Å². The number of hydrogen-bond donors (Lipinski definition) is 1. The number of methoxy groups -OCH3 is 1. The van der Waals surface area contributed by atoms with Gasteiger partial charge in [-0.1, -0.05) is 42.5 Å². The van der Waals surface area contributed by atoms with Gasteiger partial charge in [-0.15, -0.1) is 0 Å². The highest BCUT2D eigenvalue weighted by atomic mass is 16.5. The Kier molecular flexibility index (Phi) is 5.32. The van der Waals surface area contributed by atoms with Crippen molar-refractivity contribution in [2.45, 2.75) is 0 Å². The molecule has 2 aromatic rings. The molecule has 4 heteroatoms. The average molecular weight is 333 g/mol. The van der Waals surface area contributed by atoms with Crippen molar-refractivity contribution >= 4 is 11.6 Å². The molecule has 1 aliphatic rings. The van der Waals surface area contributed by atoms with E-state index in [0.29, 0.717) is 11.4 Å². The molecule has 4 nitrogen and oxygen atoms in total. The van der Waals surface area contributed by atoms with Gasteiger partial charge in [0.05, 0.1) is 7.11 Å². The summed E-state index contributed by atoms with van der Waals surface area (Å²) in [5.74, 6) is 1.34. The maximum Gasteiger partial charge on any atom is 0.291 e. The Morgan fingerprint density at radius 3 is 2.28 bits per heavy atom. The van der Waals surface area contributed by atoms with Gasteiger partial charge in [0.2, 0.25) is 0 Å². The van der Waals surface area contributed by atoms with Crippen molar-refractivity contribution in [3.63, 3.8) is 0 Å². The van der Waals surface area contributed by atoms with E-state index in [1.54, 1.807) is 37.5 Å². The van der Waals surface area contributed by atoms with Crippen LogP contribution in [-0.2, 0) is 4.79 Å². The first-order valence-electron chi connectivity index (χ1n) is 8.00. The number of nitrogens with one attached hydrogen (secondary N) is 1. The molecule has 0 saturated heterocycles. The number of anilines is 1. The summed E-state index contributed by atoms with van der Waals surface area (Å²) in [6.07, 6.45) is 9.68. The monoisotopic (exact) mass is 333 g/mol. The van der Waals surface area contributed by atoms with Gasteiger partial charge < -0.3 is 14.8 Å². The van der Waals surface area contributed by atoms with Crippen molar-refractivity contribution in [3.05, 3.63) is 90.7 Å². The lowest BCUT2D eigenvalue weighted by Gasteiger charge is -2.12. The lowest BCUT2D eigenvalue weighted by molar-refractivity contribution is -0.114. The van der Waals surface area contributed by atoms with Gasteiger partial charge in [-0.25, -0.2) is 0 Å². The largest absolute Gasteiger partial charge is 0.497 e. The lowest BCUT2D eigenvalue weighted by Crippen LogP contribution is -2.19. The van der Waals surface area contributed by atoms with E-state index >= 15 is 0 Å². The maximum atomic E-state index is 12.7. The first-order valence-corrected chi connectivity index (χ1v) is 8.00. The second kappa shape index (κ2) is 8.02. The first kappa shape index (κ1) is 16.6. The molecule has 0 bridgehead atoms. The van der Waals surface area contributed by atoms with Gasteiger partial charge in [0.25, 0.3) is 5.91 Å². The van der Waals surface area contributed by atoms with Crippen LogP contribution in [0.2, 0.25) is 0 Å². The van der Waals surface area contributed by atoms with E-state index in [1.807, 2.05) is 54.6 Å². The molecule has 0 unspecified atom stereocenters. The quantitative estimate of drug-likeness (QED) is 0.632. The fraction of sp³-hybridized carbons (Fsp3) is 0.0952. The smallest absolute Gasteiger partial charge is 0.291 e. The summed E-state index contributed by atoms with van der Waals surface area (Å²) in [5.41, 5.74) is 0.672. The van der Waals surface area contributed by atoms with Crippen LogP contribution >= 0.6 is 0 Å².